The molecule has 0 unspecified atom stereocenters. The van der Waals surface area contributed by atoms with Crippen molar-refractivity contribution < 1.29 is 17.9 Å². The summed E-state index contributed by atoms with van der Waals surface area (Å²) in [6.07, 6.45) is 3.01. The number of carbonyl (C=O) groups excluding carboxylic acids is 1. The van der Waals surface area contributed by atoms with E-state index in [9.17, 15) is 13.2 Å². The molecule has 0 aliphatic carbocycles. The number of benzene rings is 2. The minimum Gasteiger partial charge on any atom is -0.459 e. The van der Waals surface area contributed by atoms with Crippen LogP contribution >= 0.6 is 0 Å². The predicted octanol–water partition coefficient (Wildman–Crippen LogP) is 4.37. The third-order valence-electron chi connectivity index (χ3n) is 4.39. The van der Waals surface area contributed by atoms with Gasteiger partial charge in [-0.05, 0) is 68.8 Å². The van der Waals surface area contributed by atoms with Crippen molar-refractivity contribution >= 4 is 27.4 Å². The van der Waals surface area contributed by atoms with Crippen LogP contribution in [0.4, 0.5) is 11.4 Å². The first-order valence-corrected chi connectivity index (χ1v) is 11.3. The molecule has 0 bridgehead atoms. The smallest absolute Gasteiger partial charge is 0.338 e. The molecule has 2 N–H and O–H groups in total. The van der Waals surface area contributed by atoms with Crippen molar-refractivity contribution in [3.05, 3.63) is 83.7 Å². The molecule has 1 aromatic heterocycles. The average Bonchev–Trinajstić information content (AvgIpc) is 2.74. The molecule has 3 aromatic rings. The van der Waals surface area contributed by atoms with Crippen molar-refractivity contribution in [1.82, 2.24) is 4.98 Å². The monoisotopic (exact) mass is 439 g/mol. The van der Waals surface area contributed by atoms with Crippen LogP contribution in [0.25, 0.3) is 0 Å². The maximum atomic E-state index is 13.2. The Labute approximate surface area is 182 Å². The topological polar surface area (TPSA) is 97.4 Å². The zero-order valence-electron chi connectivity index (χ0n) is 17.6. The number of hydrogen-bond acceptors (Lipinski definition) is 6. The Bertz CT molecular complexity index is 1150. The summed E-state index contributed by atoms with van der Waals surface area (Å²) in [7, 11) is -3.98. The first-order chi connectivity index (χ1) is 14.7. The average molecular weight is 440 g/mol. The van der Waals surface area contributed by atoms with Crippen LogP contribution in [0.2, 0.25) is 0 Å². The number of anilines is 2. The first-order valence-electron chi connectivity index (χ1n) is 9.82. The Kier molecular flexibility index (Phi) is 6.91. The summed E-state index contributed by atoms with van der Waals surface area (Å²) >= 11 is 0. The molecule has 2 aromatic carbocycles. The standard InChI is InChI=1S/C23H25N3O4S/c1-16(2)30-23(27)19-6-9-21(25-15-18-10-12-24-13-11-18)22(14-19)31(28,29)26-20-7-4-17(3)5-8-20/h4-14,16,25-26H,15H2,1-3H3. The largest absolute Gasteiger partial charge is 0.459 e. The van der Waals surface area contributed by atoms with Crippen molar-refractivity contribution in [3.8, 4) is 0 Å². The number of carbonyl (C=O) groups is 1. The van der Waals surface area contributed by atoms with Gasteiger partial charge in [0.05, 0.1) is 17.4 Å². The molecule has 0 atom stereocenters. The third kappa shape index (κ3) is 6.05. The van der Waals surface area contributed by atoms with Crippen molar-refractivity contribution in [1.29, 1.82) is 0 Å². The van der Waals surface area contributed by atoms with Crippen molar-refractivity contribution in [3.63, 3.8) is 0 Å². The summed E-state index contributed by atoms with van der Waals surface area (Å²) in [5.41, 5.74) is 2.92. The third-order valence-corrected chi connectivity index (χ3v) is 5.81. The zero-order chi connectivity index (χ0) is 22.4. The highest BCUT2D eigenvalue weighted by Gasteiger charge is 2.22. The summed E-state index contributed by atoms with van der Waals surface area (Å²) in [6, 6.07) is 15.1. The molecule has 8 heteroatoms. The van der Waals surface area contributed by atoms with Gasteiger partial charge in [-0.1, -0.05) is 17.7 Å². The quantitative estimate of drug-likeness (QED) is 0.506. The first kappa shape index (κ1) is 22.3. The number of aryl methyl sites for hydroxylation is 1. The number of sulfonamides is 1. The second-order valence-corrected chi connectivity index (χ2v) is 9.00. The molecular weight excluding hydrogens is 414 g/mol. The second-order valence-electron chi connectivity index (χ2n) is 7.35. The van der Waals surface area contributed by atoms with Gasteiger partial charge >= 0.3 is 5.97 Å². The van der Waals surface area contributed by atoms with Gasteiger partial charge in [0.2, 0.25) is 0 Å². The number of hydrogen-bond donors (Lipinski definition) is 2. The van der Waals surface area contributed by atoms with Crippen LogP contribution in [0.3, 0.4) is 0 Å². The molecule has 7 nitrogen and oxygen atoms in total. The van der Waals surface area contributed by atoms with E-state index >= 15 is 0 Å². The second kappa shape index (κ2) is 9.61. The fourth-order valence-electron chi connectivity index (χ4n) is 2.83. The van der Waals surface area contributed by atoms with Gasteiger partial charge in [0.1, 0.15) is 4.90 Å². The highest BCUT2D eigenvalue weighted by Crippen LogP contribution is 2.26. The summed E-state index contributed by atoms with van der Waals surface area (Å²) in [6.45, 7) is 5.78. The molecular formula is C23H25N3O4S. The maximum absolute atomic E-state index is 13.2. The van der Waals surface area contributed by atoms with E-state index in [2.05, 4.69) is 15.0 Å². The minimum absolute atomic E-state index is 0.0414. The number of pyridine rings is 1. The summed E-state index contributed by atoms with van der Waals surface area (Å²) in [5.74, 6) is -0.581. The van der Waals surface area contributed by atoms with Gasteiger partial charge in [-0.25, -0.2) is 13.2 Å². The van der Waals surface area contributed by atoms with Gasteiger partial charge in [-0.2, -0.15) is 0 Å². The molecule has 0 amide bonds. The van der Waals surface area contributed by atoms with Crippen LogP contribution in [-0.4, -0.2) is 25.5 Å². The number of nitrogens with zero attached hydrogens (tertiary/aromatic N) is 1. The molecule has 0 aliphatic rings. The summed E-state index contributed by atoms with van der Waals surface area (Å²) < 4.78 is 34.2. The van der Waals surface area contributed by atoms with Crippen LogP contribution in [0, 0.1) is 6.92 Å². The predicted molar refractivity (Wildman–Crippen MR) is 121 cm³/mol. The lowest BCUT2D eigenvalue weighted by molar-refractivity contribution is 0.0377. The number of esters is 1. The van der Waals surface area contributed by atoms with E-state index in [-0.39, 0.29) is 16.6 Å². The Hall–Kier alpha value is -3.39. The summed E-state index contributed by atoms with van der Waals surface area (Å²) in [4.78, 5) is 16.3. The molecule has 31 heavy (non-hydrogen) atoms. The SMILES string of the molecule is Cc1ccc(NS(=O)(=O)c2cc(C(=O)OC(C)C)ccc2NCc2ccncc2)cc1. The number of aromatic nitrogens is 1. The van der Waals surface area contributed by atoms with E-state index in [1.54, 1.807) is 50.5 Å². The normalized spacial score (nSPS) is 11.2. The number of ether oxygens (including phenoxy) is 1. The molecule has 0 radical (unpaired) electrons. The highest BCUT2D eigenvalue weighted by molar-refractivity contribution is 7.92. The Morgan fingerprint density at radius 3 is 2.35 bits per heavy atom. The van der Waals surface area contributed by atoms with E-state index in [0.29, 0.717) is 17.9 Å². The fraction of sp³-hybridized carbons (Fsp3) is 0.217. The minimum atomic E-state index is -3.98. The molecule has 3 rings (SSSR count). The van der Waals surface area contributed by atoms with Gasteiger partial charge in [-0.15, -0.1) is 0 Å². The van der Waals surface area contributed by atoms with Crippen LogP contribution < -0.4 is 10.0 Å². The molecule has 0 aliphatic heterocycles. The zero-order valence-corrected chi connectivity index (χ0v) is 18.4. The summed E-state index contributed by atoms with van der Waals surface area (Å²) in [5, 5.41) is 3.14. The molecule has 0 saturated carbocycles. The number of rotatable bonds is 8. The van der Waals surface area contributed by atoms with Crippen LogP contribution in [0.5, 0.6) is 0 Å². The molecule has 1 heterocycles. The van der Waals surface area contributed by atoms with E-state index in [1.807, 2.05) is 31.2 Å². The van der Waals surface area contributed by atoms with Gasteiger partial charge in [0.25, 0.3) is 10.0 Å². The van der Waals surface area contributed by atoms with Gasteiger partial charge in [0.15, 0.2) is 0 Å². The Morgan fingerprint density at radius 2 is 1.71 bits per heavy atom. The van der Waals surface area contributed by atoms with Gasteiger partial charge < -0.3 is 10.1 Å². The number of nitrogens with one attached hydrogen (secondary N) is 2. The lowest BCUT2D eigenvalue weighted by Gasteiger charge is -2.16. The van der Waals surface area contributed by atoms with Crippen molar-refractivity contribution in [2.24, 2.45) is 0 Å². The van der Waals surface area contributed by atoms with Crippen LogP contribution in [0.15, 0.2) is 71.9 Å². The Balaban J connectivity index is 1.95. The van der Waals surface area contributed by atoms with Gasteiger partial charge in [-0.3, -0.25) is 9.71 Å². The van der Waals surface area contributed by atoms with Gasteiger partial charge in [0, 0.05) is 24.6 Å². The molecule has 0 saturated heterocycles. The fourth-order valence-corrected chi connectivity index (χ4v) is 4.10. The molecule has 0 spiro atoms. The lowest BCUT2D eigenvalue weighted by atomic mass is 10.2. The van der Waals surface area contributed by atoms with E-state index in [4.69, 9.17) is 4.74 Å². The van der Waals surface area contributed by atoms with Crippen molar-refractivity contribution in [2.45, 2.75) is 38.3 Å². The Morgan fingerprint density at radius 1 is 1.03 bits per heavy atom. The lowest BCUT2D eigenvalue weighted by Crippen LogP contribution is -2.17. The molecule has 0 fully saturated rings. The van der Waals surface area contributed by atoms with Crippen molar-refractivity contribution in [2.75, 3.05) is 10.0 Å². The molecule has 162 valence electrons. The highest BCUT2D eigenvalue weighted by atomic mass is 32.2. The van der Waals surface area contributed by atoms with Crippen LogP contribution in [-0.2, 0) is 21.3 Å². The van der Waals surface area contributed by atoms with E-state index in [1.165, 1.54) is 6.07 Å². The maximum Gasteiger partial charge on any atom is 0.338 e. The van der Waals surface area contributed by atoms with Crippen LogP contribution in [0.1, 0.15) is 35.3 Å². The van der Waals surface area contributed by atoms with E-state index in [0.717, 1.165) is 11.1 Å². The van der Waals surface area contributed by atoms with E-state index < -0.39 is 16.0 Å².